The fourth-order valence-corrected chi connectivity index (χ4v) is 3.43. The molecule has 2 heterocycles. The molecule has 0 atom stereocenters. The van der Waals surface area contributed by atoms with E-state index in [4.69, 9.17) is 16.3 Å². The predicted molar refractivity (Wildman–Crippen MR) is 104 cm³/mol. The summed E-state index contributed by atoms with van der Waals surface area (Å²) in [7, 11) is 1.79. The summed E-state index contributed by atoms with van der Waals surface area (Å²) in [5.41, 5.74) is 3.09. The number of halogens is 1. The van der Waals surface area contributed by atoms with Crippen LogP contribution in [0.4, 0.5) is 5.69 Å². The minimum Gasteiger partial charge on any atom is -0.451 e. The van der Waals surface area contributed by atoms with Crippen LogP contribution in [0, 0.1) is 13.8 Å². The number of hydrogen-bond donors (Lipinski definition) is 1. The molecule has 0 aliphatic carbocycles. The molecule has 7 nitrogen and oxygen atoms in total. The third kappa shape index (κ3) is 4.35. The van der Waals surface area contributed by atoms with Crippen LogP contribution in [0.15, 0.2) is 29.6 Å². The number of hydrogen-bond acceptors (Lipinski definition) is 6. The van der Waals surface area contributed by atoms with Crippen LogP contribution in [-0.2, 0) is 16.6 Å². The number of amides is 1. The molecule has 1 aromatic carbocycles. The minimum absolute atomic E-state index is 0.150. The van der Waals surface area contributed by atoms with E-state index in [-0.39, 0.29) is 5.69 Å². The maximum absolute atomic E-state index is 12.2. The van der Waals surface area contributed by atoms with Crippen LogP contribution in [0.25, 0.3) is 10.6 Å². The third-order valence-corrected chi connectivity index (χ3v) is 5.02. The molecule has 0 saturated heterocycles. The van der Waals surface area contributed by atoms with Crippen molar-refractivity contribution in [3.05, 3.63) is 51.7 Å². The smallest absolute Gasteiger partial charge is 0.358 e. The number of aryl methyl sites for hydroxylation is 2. The van der Waals surface area contributed by atoms with Crippen LogP contribution >= 0.6 is 22.9 Å². The Bertz CT molecular complexity index is 1010. The van der Waals surface area contributed by atoms with Gasteiger partial charge in [0.25, 0.3) is 5.91 Å². The first-order chi connectivity index (χ1) is 12.8. The molecule has 27 heavy (non-hydrogen) atoms. The number of carbonyl (C=O) groups is 2. The highest BCUT2D eigenvalue weighted by Crippen LogP contribution is 2.26. The van der Waals surface area contributed by atoms with Gasteiger partial charge in [-0.1, -0.05) is 23.7 Å². The predicted octanol–water partition coefficient (Wildman–Crippen LogP) is 3.61. The second kappa shape index (κ2) is 7.89. The Morgan fingerprint density at radius 2 is 2.11 bits per heavy atom. The number of ether oxygens (including phenoxy) is 1. The Balaban J connectivity index is 1.60. The van der Waals surface area contributed by atoms with E-state index in [1.807, 2.05) is 19.1 Å². The molecule has 0 bridgehead atoms. The molecular formula is C18H17ClN4O3S. The zero-order valence-electron chi connectivity index (χ0n) is 14.9. The van der Waals surface area contributed by atoms with E-state index in [1.54, 1.807) is 36.2 Å². The van der Waals surface area contributed by atoms with E-state index >= 15 is 0 Å². The van der Waals surface area contributed by atoms with Gasteiger partial charge in [-0.2, -0.15) is 5.10 Å². The number of nitrogens with one attached hydrogen (secondary N) is 1. The van der Waals surface area contributed by atoms with Gasteiger partial charge in [0, 0.05) is 23.0 Å². The van der Waals surface area contributed by atoms with Gasteiger partial charge in [-0.05, 0) is 26.0 Å². The van der Waals surface area contributed by atoms with Crippen molar-refractivity contribution in [2.75, 3.05) is 11.9 Å². The summed E-state index contributed by atoms with van der Waals surface area (Å²) in [6, 6.07) is 7.19. The van der Waals surface area contributed by atoms with Crippen molar-refractivity contribution in [2.45, 2.75) is 13.8 Å². The maximum atomic E-state index is 12.2. The van der Waals surface area contributed by atoms with Gasteiger partial charge in [0.15, 0.2) is 12.3 Å². The summed E-state index contributed by atoms with van der Waals surface area (Å²) < 4.78 is 6.73. The zero-order valence-corrected chi connectivity index (χ0v) is 16.5. The number of carbonyl (C=O) groups excluding carboxylic acids is 2. The first-order valence-corrected chi connectivity index (χ1v) is 9.29. The molecule has 0 radical (unpaired) electrons. The molecular weight excluding hydrogens is 388 g/mol. The quantitative estimate of drug-likeness (QED) is 0.656. The van der Waals surface area contributed by atoms with E-state index in [0.717, 1.165) is 11.3 Å². The normalized spacial score (nSPS) is 10.7. The van der Waals surface area contributed by atoms with Gasteiger partial charge in [0.05, 0.1) is 17.1 Å². The summed E-state index contributed by atoms with van der Waals surface area (Å²) in [4.78, 5) is 28.5. The molecule has 0 saturated carbocycles. The van der Waals surface area contributed by atoms with Gasteiger partial charge in [0.2, 0.25) is 0 Å². The molecule has 0 aliphatic heterocycles. The molecule has 0 spiro atoms. The number of anilines is 1. The molecule has 140 valence electrons. The lowest BCUT2D eigenvalue weighted by Gasteiger charge is -2.06. The first-order valence-electron chi connectivity index (χ1n) is 8.04. The first kappa shape index (κ1) is 19.1. The second-order valence-electron chi connectivity index (χ2n) is 5.84. The number of aromatic nitrogens is 3. The van der Waals surface area contributed by atoms with Gasteiger partial charge in [-0.15, -0.1) is 11.3 Å². The average Bonchev–Trinajstić information content (AvgIpc) is 3.21. The van der Waals surface area contributed by atoms with Gasteiger partial charge >= 0.3 is 5.97 Å². The molecule has 2 aromatic heterocycles. The fourth-order valence-electron chi connectivity index (χ4n) is 2.46. The van der Waals surface area contributed by atoms with E-state index in [1.165, 1.54) is 11.3 Å². The topological polar surface area (TPSA) is 86.1 Å². The Hall–Kier alpha value is -2.71. The molecule has 3 rings (SSSR count). The number of rotatable bonds is 5. The fraction of sp³-hybridized carbons (Fsp3) is 0.222. The van der Waals surface area contributed by atoms with Crippen LogP contribution in [-0.4, -0.2) is 33.2 Å². The van der Waals surface area contributed by atoms with E-state index in [0.29, 0.717) is 21.4 Å². The third-order valence-electron chi connectivity index (χ3n) is 3.89. The van der Waals surface area contributed by atoms with Gasteiger partial charge in [-0.3, -0.25) is 9.48 Å². The largest absolute Gasteiger partial charge is 0.451 e. The highest BCUT2D eigenvalue weighted by Gasteiger charge is 2.17. The lowest BCUT2D eigenvalue weighted by molar-refractivity contribution is -0.119. The summed E-state index contributed by atoms with van der Waals surface area (Å²) in [5, 5.41) is 9.76. The van der Waals surface area contributed by atoms with E-state index in [9.17, 15) is 9.59 Å². The zero-order chi connectivity index (χ0) is 19.6. The molecule has 0 aliphatic rings. The molecule has 1 amide bonds. The SMILES string of the molecule is Cc1nn(C)c(C)c1NC(=O)COC(=O)c1csc(-c2cccc(Cl)c2)n1. The Morgan fingerprint density at radius 3 is 2.78 bits per heavy atom. The van der Waals surface area contributed by atoms with Gasteiger partial charge in [0.1, 0.15) is 5.01 Å². The summed E-state index contributed by atoms with van der Waals surface area (Å²) >= 11 is 7.27. The van der Waals surface area contributed by atoms with Gasteiger partial charge in [-0.25, -0.2) is 9.78 Å². The molecule has 3 aromatic rings. The lowest BCUT2D eigenvalue weighted by Crippen LogP contribution is -2.21. The molecule has 0 fully saturated rings. The number of benzene rings is 1. The molecule has 9 heteroatoms. The average molecular weight is 405 g/mol. The summed E-state index contributed by atoms with van der Waals surface area (Å²) in [6.45, 7) is 3.23. The number of nitrogens with zero attached hydrogens (tertiary/aromatic N) is 3. The Morgan fingerprint density at radius 1 is 1.33 bits per heavy atom. The Labute approximate surface area is 164 Å². The van der Waals surface area contributed by atoms with Crippen molar-refractivity contribution in [2.24, 2.45) is 7.05 Å². The van der Waals surface area contributed by atoms with Crippen LogP contribution in [0.5, 0.6) is 0 Å². The Kier molecular flexibility index (Phi) is 5.57. The highest BCUT2D eigenvalue weighted by molar-refractivity contribution is 7.13. The monoisotopic (exact) mass is 404 g/mol. The minimum atomic E-state index is -0.658. The van der Waals surface area contributed by atoms with E-state index in [2.05, 4.69) is 15.4 Å². The molecule has 0 unspecified atom stereocenters. The number of esters is 1. The van der Waals surface area contributed by atoms with Crippen molar-refractivity contribution >= 4 is 40.5 Å². The van der Waals surface area contributed by atoms with Crippen molar-refractivity contribution in [3.8, 4) is 10.6 Å². The summed E-state index contributed by atoms with van der Waals surface area (Å²) in [5.74, 6) is -1.10. The van der Waals surface area contributed by atoms with Crippen molar-refractivity contribution in [1.29, 1.82) is 0 Å². The van der Waals surface area contributed by atoms with Crippen LogP contribution in [0.3, 0.4) is 0 Å². The van der Waals surface area contributed by atoms with Crippen molar-refractivity contribution in [1.82, 2.24) is 14.8 Å². The lowest BCUT2D eigenvalue weighted by atomic mass is 10.2. The highest BCUT2D eigenvalue weighted by atomic mass is 35.5. The summed E-state index contributed by atoms with van der Waals surface area (Å²) in [6.07, 6.45) is 0. The standard InChI is InChI=1S/C18H17ClN4O3S/c1-10-16(11(2)23(3)22-10)21-15(24)8-26-18(25)14-9-27-17(20-14)12-5-4-6-13(19)7-12/h4-7,9H,8H2,1-3H3,(H,21,24). The maximum Gasteiger partial charge on any atom is 0.358 e. The van der Waals surface area contributed by atoms with Crippen LogP contribution < -0.4 is 5.32 Å². The van der Waals surface area contributed by atoms with Crippen molar-refractivity contribution < 1.29 is 14.3 Å². The molecule has 1 N–H and O–H groups in total. The van der Waals surface area contributed by atoms with Crippen LogP contribution in [0.1, 0.15) is 21.9 Å². The van der Waals surface area contributed by atoms with Gasteiger partial charge < -0.3 is 10.1 Å². The number of thiazole rings is 1. The second-order valence-corrected chi connectivity index (χ2v) is 7.14. The van der Waals surface area contributed by atoms with Crippen molar-refractivity contribution in [3.63, 3.8) is 0 Å². The van der Waals surface area contributed by atoms with Crippen LogP contribution in [0.2, 0.25) is 5.02 Å². The van der Waals surface area contributed by atoms with E-state index < -0.39 is 18.5 Å².